The minimum absolute atomic E-state index is 0.0948. The summed E-state index contributed by atoms with van der Waals surface area (Å²) in [6.45, 7) is 2.20. The molecule has 20 heavy (non-hydrogen) atoms. The van der Waals surface area contributed by atoms with Gasteiger partial charge < -0.3 is 20.6 Å². The van der Waals surface area contributed by atoms with E-state index in [1.807, 2.05) is 6.92 Å². The van der Waals surface area contributed by atoms with Crippen LogP contribution in [0.25, 0.3) is 0 Å². The summed E-state index contributed by atoms with van der Waals surface area (Å²) < 4.78 is 5.13. The van der Waals surface area contributed by atoms with Crippen LogP contribution in [0.3, 0.4) is 0 Å². The van der Waals surface area contributed by atoms with Gasteiger partial charge in [-0.3, -0.25) is 4.79 Å². The van der Waals surface area contributed by atoms with Gasteiger partial charge in [-0.05, 0) is 42.8 Å². The third kappa shape index (κ3) is 2.97. The van der Waals surface area contributed by atoms with Crippen molar-refractivity contribution in [1.82, 2.24) is 0 Å². The van der Waals surface area contributed by atoms with E-state index in [0.29, 0.717) is 17.9 Å². The summed E-state index contributed by atoms with van der Waals surface area (Å²) in [7, 11) is 0. The molecule has 0 spiro atoms. The van der Waals surface area contributed by atoms with Crippen molar-refractivity contribution in [2.24, 2.45) is 5.73 Å². The van der Waals surface area contributed by atoms with Crippen LogP contribution in [-0.2, 0) is 6.54 Å². The maximum absolute atomic E-state index is 11.0. The van der Waals surface area contributed by atoms with Gasteiger partial charge in [-0.15, -0.1) is 0 Å². The lowest BCUT2D eigenvalue weighted by atomic mass is 10.1. The molecule has 0 aliphatic heterocycles. The first-order valence-electron chi connectivity index (χ1n) is 5.93. The Balaban J connectivity index is 2.06. The average molecular weight is 274 g/mol. The number of rotatable bonds is 5. The van der Waals surface area contributed by atoms with Gasteiger partial charge >= 0.3 is 5.97 Å². The summed E-state index contributed by atoms with van der Waals surface area (Å²) in [6, 6.07) is 8.07. The van der Waals surface area contributed by atoms with Crippen LogP contribution in [0, 0.1) is 6.92 Å². The SMILES string of the molecule is Cc1cc(C(N)=O)ccc1NCc1ccc(C(=O)O)o1. The molecule has 0 saturated heterocycles. The first-order valence-corrected chi connectivity index (χ1v) is 5.93. The van der Waals surface area contributed by atoms with Gasteiger partial charge in [0.15, 0.2) is 0 Å². The van der Waals surface area contributed by atoms with Gasteiger partial charge in [0.25, 0.3) is 0 Å². The molecule has 4 N–H and O–H groups in total. The van der Waals surface area contributed by atoms with Gasteiger partial charge in [0.2, 0.25) is 11.7 Å². The third-order valence-electron chi connectivity index (χ3n) is 2.84. The van der Waals surface area contributed by atoms with Gasteiger partial charge in [-0.25, -0.2) is 4.79 Å². The van der Waals surface area contributed by atoms with Gasteiger partial charge in [-0.2, -0.15) is 0 Å². The standard InChI is InChI=1S/C14H14N2O4/c1-8-6-9(13(15)17)2-4-11(8)16-7-10-3-5-12(20-10)14(18)19/h2-6,16H,7H2,1H3,(H2,15,17)(H,18,19). The van der Waals surface area contributed by atoms with Crippen molar-refractivity contribution in [2.45, 2.75) is 13.5 Å². The number of benzene rings is 1. The Morgan fingerprint density at radius 2 is 2.05 bits per heavy atom. The molecule has 2 aromatic rings. The number of carbonyl (C=O) groups is 2. The lowest BCUT2D eigenvalue weighted by Crippen LogP contribution is -2.11. The molecule has 104 valence electrons. The number of nitrogens with one attached hydrogen (secondary N) is 1. The van der Waals surface area contributed by atoms with E-state index in [4.69, 9.17) is 15.3 Å². The summed E-state index contributed by atoms with van der Waals surface area (Å²) in [4.78, 5) is 21.7. The van der Waals surface area contributed by atoms with Crippen LogP contribution in [0.5, 0.6) is 0 Å². The van der Waals surface area contributed by atoms with Crippen LogP contribution in [0.2, 0.25) is 0 Å². The fourth-order valence-corrected chi connectivity index (χ4v) is 1.79. The Morgan fingerprint density at radius 1 is 1.30 bits per heavy atom. The topological polar surface area (TPSA) is 106 Å². The minimum atomic E-state index is -1.10. The zero-order chi connectivity index (χ0) is 14.7. The molecule has 0 radical (unpaired) electrons. The molecular formula is C14H14N2O4. The number of hydrogen-bond acceptors (Lipinski definition) is 4. The fourth-order valence-electron chi connectivity index (χ4n) is 1.79. The predicted molar refractivity (Wildman–Crippen MR) is 72.7 cm³/mol. The summed E-state index contributed by atoms with van der Waals surface area (Å²) in [5, 5.41) is 11.9. The van der Waals surface area contributed by atoms with Gasteiger partial charge in [0.05, 0.1) is 6.54 Å². The highest BCUT2D eigenvalue weighted by Gasteiger charge is 2.09. The molecule has 0 unspecified atom stereocenters. The third-order valence-corrected chi connectivity index (χ3v) is 2.84. The van der Waals surface area contributed by atoms with E-state index in [2.05, 4.69) is 5.32 Å². The Morgan fingerprint density at radius 3 is 2.60 bits per heavy atom. The van der Waals surface area contributed by atoms with Gasteiger partial charge in [0.1, 0.15) is 5.76 Å². The Bertz CT molecular complexity index is 661. The molecule has 2 rings (SSSR count). The largest absolute Gasteiger partial charge is 0.475 e. The highest BCUT2D eigenvalue weighted by Crippen LogP contribution is 2.18. The van der Waals surface area contributed by atoms with Crippen molar-refractivity contribution in [2.75, 3.05) is 5.32 Å². The Labute approximate surface area is 115 Å². The molecule has 1 aromatic heterocycles. The van der Waals surface area contributed by atoms with E-state index in [-0.39, 0.29) is 5.76 Å². The number of carbonyl (C=O) groups excluding carboxylic acids is 1. The van der Waals surface area contributed by atoms with Gasteiger partial charge in [-0.1, -0.05) is 0 Å². The normalized spacial score (nSPS) is 10.2. The van der Waals surface area contributed by atoms with Crippen molar-refractivity contribution < 1.29 is 19.1 Å². The molecule has 1 heterocycles. The number of furan rings is 1. The summed E-state index contributed by atoms with van der Waals surface area (Å²) in [5.41, 5.74) is 7.33. The van der Waals surface area contributed by atoms with E-state index in [0.717, 1.165) is 11.3 Å². The lowest BCUT2D eigenvalue weighted by molar-refractivity contribution is 0.0660. The van der Waals surface area contributed by atoms with Crippen molar-refractivity contribution in [1.29, 1.82) is 0 Å². The van der Waals surface area contributed by atoms with Crippen LogP contribution in [-0.4, -0.2) is 17.0 Å². The van der Waals surface area contributed by atoms with Crippen molar-refractivity contribution in [3.05, 3.63) is 53.0 Å². The first-order chi connectivity index (χ1) is 9.47. The lowest BCUT2D eigenvalue weighted by Gasteiger charge is -2.09. The highest BCUT2D eigenvalue weighted by atomic mass is 16.4. The second kappa shape index (κ2) is 5.48. The molecule has 0 bridgehead atoms. The molecule has 6 nitrogen and oxygen atoms in total. The molecule has 6 heteroatoms. The predicted octanol–water partition coefficient (Wildman–Crippen LogP) is 2.00. The molecule has 0 fully saturated rings. The molecule has 0 aliphatic rings. The van der Waals surface area contributed by atoms with Crippen LogP contribution in [0.15, 0.2) is 34.7 Å². The highest BCUT2D eigenvalue weighted by molar-refractivity contribution is 5.93. The second-order valence-electron chi connectivity index (χ2n) is 4.32. The van der Waals surface area contributed by atoms with E-state index in [9.17, 15) is 9.59 Å². The monoisotopic (exact) mass is 274 g/mol. The molecule has 1 amide bonds. The molecule has 1 aromatic carbocycles. The number of amides is 1. The molecule has 0 atom stereocenters. The number of aryl methyl sites for hydroxylation is 1. The van der Waals surface area contributed by atoms with Crippen molar-refractivity contribution in [3.8, 4) is 0 Å². The number of hydrogen-bond donors (Lipinski definition) is 3. The number of anilines is 1. The van der Waals surface area contributed by atoms with Crippen molar-refractivity contribution in [3.63, 3.8) is 0 Å². The minimum Gasteiger partial charge on any atom is -0.475 e. The van der Waals surface area contributed by atoms with E-state index < -0.39 is 11.9 Å². The summed E-state index contributed by atoms with van der Waals surface area (Å²) in [5.74, 6) is -1.15. The van der Waals surface area contributed by atoms with E-state index >= 15 is 0 Å². The van der Waals surface area contributed by atoms with E-state index in [1.54, 1.807) is 24.3 Å². The average Bonchev–Trinajstić information content (AvgIpc) is 2.86. The van der Waals surface area contributed by atoms with Crippen molar-refractivity contribution >= 4 is 17.6 Å². The first kappa shape index (κ1) is 13.7. The zero-order valence-electron chi connectivity index (χ0n) is 10.8. The Kier molecular flexibility index (Phi) is 3.74. The van der Waals surface area contributed by atoms with Gasteiger partial charge in [0, 0.05) is 11.3 Å². The number of aromatic carboxylic acids is 1. The number of carboxylic acids is 1. The molecule has 0 aliphatic carbocycles. The molecule has 0 saturated carbocycles. The quantitative estimate of drug-likeness (QED) is 0.773. The summed E-state index contributed by atoms with van der Waals surface area (Å²) in [6.07, 6.45) is 0. The maximum Gasteiger partial charge on any atom is 0.371 e. The van der Waals surface area contributed by atoms with Crippen LogP contribution in [0.4, 0.5) is 5.69 Å². The maximum atomic E-state index is 11.0. The number of nitrogens with two attached hydrogens (primary N) is 1. The second-order valence-corrected chi connectivity index (χ2v) is 4.32. The van der Waals surface area contributed by atoms with Crippen LogP contribution < -0.4 is 11.1 Å². The molecular weight excluding hydrogens is 260 g/mol. The smallest absolute Gasteiger partial charge is 0.371 e. The fraction of sp³-hybridized carbons (Fsp3) is 0.143. The number of carboxylic acid groups (broad SMARTS) is 1. The summed E-state index contributed by atoms with van der Waals surface area (Å²) >= 11 is 0. The Hall–Kier alpha value is -2.76. The van der Waals surface area contributed by atoms with E-state index in [1.165, 1.54) is 6.07 Å². The van der Waals surface area contributed by atoms with Crippen LogP contribution in [0.1, 0.15) is 32.2 Å². The number of primary amides is 1. The zero-order valence-corrected chi connectivity index (χ0v) is 10.8. The van der Waals surface area contributed by atoms with Crippen LogP contribution >= 0.6 is 0 Å².